The molecule has 0 aliphatic carbocycles. The van der Waals surface area contributed by atoms with Gasteiger partial charge in [-0.3, -0.25) is 9.69 Å². The molecular formula is C22H22N2OS. The first-order valence-corrected chi connectivity index (χ1v) is 9.92. The molecule has 132 valence electrons. The Morgan fingerprint density at radius 1 is 1.04 bits per heavy atom. The van der Waals surface area contributed by atoms with Crippen molar-refractivity contribution in [3.8, 4) is 11.1 Å². The van der Waals surface area contributed by atoms with Crippen molar-refractivity contribution in [2.45, 2.75) is 19.0 Å². The minimum atomic E-state index is 0.0217. The second kappa shape index (κ2) is 7.85. The van der Waals surface area contributed by atoms with Crippen LogP contribution in [0, 0.1) is 0 Å². The summed E-state index contributed by atoms with van der Waals surface area (Å²) >= 11 is 1.68. The second-order valence-corrected chi connectivity index (χ2v) is 7.55. The smallest absolute Gasteiger partial charge is 0.251 e. The number of rotatable bonds is 5. The number of carbonyl (C=O) groups excluding carboxylic acids is 1. The van der Waals surface area contributed by atoms with Gasteiger partial charge in [-0.2, -0.15) is 11.3 Å². The van der Waals surface area contributed by atoms with Gasteiger partial charge >= 0.3 is 0 Å². The molecule has 4 heteroatoms. The largest absolute Gasteiger partial charge is 0.348 e. The maximum absolute atomic E-state index is 12.5. The average molecular weight is 362 g/mol. The third-order valence-electron chi connectivity index (χ3n) is 4.86. The number of hydrogen-bond acceptors (Lipinski definition) is 3. The average Bonchev–Trinajstić information content (AvgIpc) is 3.35. The number of nitrogens with zero attached hydrogens (tertiary/aromatic N) is 1. The number of benzene rings is 2. The Labute approximate surface area is 158 Å². The lowest BCUT2D eigenvalue weighted by atomic mass is 10.1. The molecule has 0 bridgehead atoms. The van der Waals surface area contributed by atoms with Gasteiger partial charge in [0, 0.05) is 31.2 Å². The van der Waals surface area contributed by atoms with Gasteiger partial charge in [-0.05, 0) is 52.1 Å². The van der Waals surface area contributed by atoms with Gasteiger partial charge in [0.25, 0.3) is 5.91 Å². The van der Waals surface area contributed by atoms with Crippen molar-refractivity contribution in [1.82, 2.24) is 10.2 Å². The molecule has 1 aromatic heterocycles. The van der Waals surface area contributed by atoms with E-state index < -0.39 is 0 Å². The van der Waals surface area contributed by atoms with Gasteiger partial charge in [0.15, 0.2) is 0 Å². The van der Waals surface area contributed by atoms with Crippen LogP contribution in [0.2, 0.25) is 0 Å². The normalized spacial score (nSPS) is 17.3. The van der Waals surface area contributed by atoms with E-state index in [1.165, 1.54) is 11.1 Å². The molecule has 2 heterocycles. The van der Waals surface area contributed by atoms with Gasteiger partial charge in [0.1, 0.15) is 0 Å². The van der Waals surface area contributed by atoms with E-state index in [1.807, 2.05) is 30.3 Å². The second-order valence-electron chi connectivity index (χ2n) is 6.77. The van der Waals surface area contributed by atoms with Gasteiger partial charge in [0.05, 0.1) is 0 Å². The fourth-order valence-corrected chi connectivity index (χ4v) is 4.11. The highest BCUT2D eigenvalue weighted by atomic mass is 32.1. The van der Waals surface area contributed by atoms with Crippen molar-refractivity contribution in [2.24, 2.45) is 0 Å². The first-order valence-electron chi connectivity index (χ1n) is 8.98. The van der Waals surface area contributed by atoms with Crippen LogP contribution in [0.15, 0.2) is 71.4 Å². The number of amides is 1. The third-order valence-corrected chi connectivity index (χ3v) is 5.54. The zero-order chi connectivity index (χ0) is 17.8. The van der Waals surface area contributed by atoms with E-state index in [-0.39, 0.29) is 11.9 Å². The molecule has 1 N–H and O–H groups in total. The molecule has 3 nitrogen and oxygen atoms in total. The van der Waals surface area contributed by atoms with Crippen LogP contribution in [0.3, 0.4) is 0 Å². The summed E-state index contributed by atoms with van der Waals surface area (Å²) in [4.78, 5) is 14.9. The standard InChI is InChI=1S/C22H22N2OS/c25-22(19-8-6-18(7-9-19)20-11-13-26-16-20)23-21-10-12-24(15-21)14-17-4-2-1-3-5-17/h1-9,11,13,16,21H,10,12,14-15H2,(H,23,25). The van der Waals surface area contributed by atoms with E-state index in [0.717, 1.165) is 37.2 Å². The van der Waals surface area contributed by atoms with Crippen LogP contribution >= 0.6 is 11.3 Å². The predicted molar refractivity (Wildman–Crippen MR) is 107 cm³/mol. The number of nitrogens with one attached hydrogen (secondary N) is 1. The Morgan fingerprint density at radius 3 is 2.58 bits per heavy atom. The molecule has 26 heavy (non-hydrogen) atoms. The Hall–Kier alpha value is -2.43. The molecule has 0 saturated carbocycles. The monoisotopic (exact) mass is 362 g/mol. The van der Waals surface area contributed by atoms with E-state index in [1.54, 1.807) is 11.3 Å². The van der Waals surface area contributed by atoms with Gasteiger partial charge in [-0.1, -0.05) is 42.5 Å². The molecular weight excluding hydrogens is 340 g/mol. The number of carbonyl (C=O) groups is 1. The summed E-state index contributed by atoms with van der Waals surface area (Å²) < 4.78 is 0. The van der Waals surface area contributed by atoms with Crippen molar-refractivity contribution in [3.63, 3.8) is 0 Å². The van der Waals surface area contributed by atoms with E-state index in [0.29, 0.717) is 0 Å². The molecule has 1 aliphatic heterocycles. The maximum atomic E-state index is 12.5. The molecule has 0 radical (unpaired) electrons. The molecule has 1 saturated heterocycles. The third kappa shape index (κ3) is 4.03. The lowest BCUT2D eigenvalue weighted by Gasteiger charge is -2.17. The molecule has 2 aromatic carbocycles. The van der Waals surface area contributed by atoms with Crippen molar-refractivity contribution in [3.05, 3.63) is 82.6 Å². The Morgan fingerprint density at radius 2 is 1.85 bits per heavy atom. The quantitative estimate of drug-likeness (QED) is 0.729. The first-order chi connectivity index (χ1) is 12.8. The Kier molecular flexibility index (Phi) is 5.14. The molecule has 1 atom stereocenters. The lowest BCUT2D eigenvalue weighted by Crippen LogP contribution is -2.36. The fraction of sp³-hybridized carbons (Fsp3) is 0.227. The Bertz CT molecular complexity index is 844. The van der Waals surface area contributed by atoms with Crippen LogP contribution in [-0.2, 0) is 6.54 Å². The zero-order valence-corrected chi connectivity index (χ0v) is 15.4. The van der Waals surface area contributed by atoms with Crippen LogP contribution in [0.25, 0.3) is 11.1 Å². The van der Waals surface area contributed by atoms with Crippen molar-refractivity contribution in [1.29, 1.82) is 0 Å². The van der Waals surface area contributed by atoms with Crippen LogP contribution < -0.4 is 5.32 Å². The zero-order valence-electron chi connectivity index (χ0n) is 14.6. The van der Waals surface area contributed by atoms with Crippen LogP contribution in [0.4, 0.5) is 0 Å². The molecule has 3 aromatic rings. The fourth-order valence-electron chi connectivity index (χ4n) is 3.45. The molecule has 1 aliphatic rings. The summed E-state index contributed by atoms with van der Waals surface area (Å²) in [7, 11) is 0. The van der Waals surface area contributed by atoms with Crippen molar-refractivity contribution < 1.29 is 4.79 Å². The highest BCUT2D eigenvalue weighted by Gasteiger charge is 2.24. The number of likely N-dealkylation sites (tertiary alicyclic amines) is 1. The number of hydrogen-bond donors (Lipinski definition) is 1. The SMILES string of the molecule is O=C(NC1CCN(Cc2ccccc2)C1)c1ccc(-c2ccsc2)cc1. The summed E-state index contributed by atoms with van der Waals surface area (Å²) in [6.07, 6.45) is 1.01. The summed E-state index contributed by atoms with van der Waals surface area (Å²) in [5, 5.41) is 7.37. The summed E-state index contributed by atoms with van der Waals surface area (Å²) in [5.74, 6) is 0.0217. The highest BCUT2D eigenvalue weighted by Crippen LogP contribution is 2.22. The lowest BCUT2D eigenvalue weighted by molar-refractivity contribution is 0.0937. The molecule has 0 spiro atoms. The van der Waals surface area contributed by atoms with Crippen molar-refractivity contribution >= 4 is 17.2 Å². The van der Waals surface area contributed by atoms with Gasteiger partial charge < -0.3 is 5.32 Å². The summed E-state index contributed by atoms with van der Waals surface area (Å²) in [5.41, 5.74) is 4.40. The predicted octanol–water partition coefficient (Wildman–Crippen LogP) is 4.42. The minimum Gasteiger partial charge on any atom is -0.348 e. The van der Waals surface area contributed by atoms with E-state index in [9.17, 15) is 4.79 Å². The molecule has 4 rings (SSSR count). The van der Waals surface area contributed by atoms with E-state index in [2.05, 4.69) is 51.3 Å². The number of thiophene rings is 1. The molecule has 1 amide bonds. The van der Waals surface area contributed by atoms with Gasteiger partial charge in [-0.25, -0.2) is 0 Å². The molecule has 1 unspecified atom stereocenters. The van der Waals surface area contributed by atoms with Crippen LogP contribution in [-0.4, -0.2) is 29.9 Å². The van der Waals surface area contributed by atoms with Crippen molar-refractivity contribution in [2.75, 3.05) is 13.1 Å². The first kappa shape index (κ1) is 17.0. The highest BCUT2D eigenvalue weighted by molar-refractivity contribution is 7.08. The van der Waals surface area contributed by atoms with Gasteiger partial charge in [-0.15, -0.1) is 0 Å². The van der Waals surface area contributed by atoms with Gasteiger partial charge in [0.2, 0.25) is 0 Å². The van der Waals surface area contributed by atoms with E-state index >= 15 is 0 Å². The summed E-state index contributed by atoms with van der Waals surface area (Å²) in [6, 6.07) is 20.7. The van der Waals surface area contributed by atoms with E-state index in [4.69, 9.17) is 0 Å². The van der Waals surface area contributed by atoms with Crippen LogP contribution in [0.1, 0.15) is 22.3 Å². The van der Waals surface area contributed by atoms with Crippen LogP contribution in [0.5, 0.6) is 0 Å². The maximum Gasteiger partial charge on any atom is 0.251 e. The topological polar surface area (TPSA) is 32.3 Å². The molecule has 1 fully saturated rings. The Balaban J connectivity index is 1.32. The summed E-state index contributed by atoms with van der Waals surface area (Å²) in [6.45, 7) is 2.88. The minimum absolute atomic E-state index is 0.0217.